The molecule has 30 heavy (non-hydrogen) atoms. The van der Waals surface area contributed by atoms with Gasteiger partial charge in [0.25, 0.3) is 5.91 Å². The summed E-state index contributed by atoms with van der Waals surface area (Å²) in [6.07, 6.45) is 7.93. The Bertz CT molecular complexity index is 1090. The van der Waals surface area contributed by atoms with Crippen LogP contribution in [0.5, 0.6) is 5.75 Å². The molecule has 3 aromatic rings. The molecule has 5 heteroatoms. The maximum Gasteiger partial charge on any atom is 0.262 e. The second-order valence-corrected chi connectivity index (χ2v) is 7.58. The topological polar surface area (TPSA) is 67.0 Å². The van der Waals surface area contributed by atoms with E-state index in [2.05, 4.69) is 16.0 Å². The van der Waals surface area contributed by atoms with E-state index in [1.807, 2.05) is 60.8 Å². The number of benzene rings is 2. The van der Waals surface area contributed by atoms with Crippen molar-refractivity contribution in [3.05, 3.63) is 71.9 Å². The van der Waals surface area contributed by atoms with Gasteiger partial charge in [0.05, 0.1) is 6.54 Å². The van der Waals surface area contributed by atoms with Crippen LogP contribution >= 0.6 is 0 Å². The van der Waals surface area contributed by atoms with Crippen molar-refractivity contribution in [3.63, 3.8) is 0 Å². The molecule has 0 aliphatic heterocycles. The Morgan fingerprint density at radius 3 is 2.63 bits per heavy atom. The lowest BCUT2D eigenvalue weighted by molar-refractivity contribution is -0.117. The van der Waals surface area contributed by atoms with Crippen LogP contribution in [-0.2, 0) is 11.3 Å². The summed E-state index contributed by atoms with van der Waals surface area (Å²) in [7, 11) is 0. The molecule has 152 valence electrons. The number of nitriles is 1. The molecule has 1 saturated carbocycles. The van der Waals surface area contributed by atoms with E-state index in [0.29, 0.717) is 13.2 Å². The summed E-state index contributed by atoms with van der Waals surface area (Å²) in [5.41, 5.74) is 2.06. The number of carbonyl (C=O) groups is 1. The molecule has 0 spiro atoms. The van der Waals surface area contributed by atoms with Gasteiger partial charge in [-0.3, -0.25) is 4.79 Å². The van der Waals surface area contributed by atoms with Crippen LogP contribution in [0.3, 0.4) is 0 Å². The SMILES string of the molecule is N#C/C(=C/c1cn(CCOc2ccccc2)c2ccccc12)C(=O)NC1CCCC1. The zero-order valence-corrected chi connectivity index (χ0v) is 16.9. The van der Waals surface area contributed by atoms with Gasteiger partial charge in [-0.25, -0.2) is 0 Å². The summed E-state index contributed by atoms with van der Waals surface area (Å²) < 4.78 is 7.94. The fourth-order valence-corrected chi connectivity index (χ4v) is 3.99. The summed E-state index contributed by atoms with van der Waals surface area (Å²) in [6, 6.07) is 20.0. The first-order valence-corrected chi connectivity index (χ1v) is 10.4. The number of hydrogen-bond donors (Lipinski definition) is 1. The Morgan fingerprint density at radius 1 is 1.13 bits per heavy atom. The van der Waals surface area contributed by atoms with Crippen LogP contribution in [0.4, 0.5) is 0 Å². The quantitative estimate of drug-likeness (QED) is 0.463. The van der Waals surface area contributed by atoms with Crippen molar-refractivity contribution in [1.82, 2.24) is 9.88 Å². The van der Waals surface area contributed by atoms with Crippen LogP contribution in [0, 0.1) is 11.3 Å². The lowest BCUT2D eigenvalue weighted by Gasteiger charge is -2.10. The Hall–Kier alpha value is -3.52. The molecular formula is C25H25N3O2. The van der Waals surface area contributed by atoms with Gasteiger partial charge in [-0.1, -0.05) is 49.2 Å². The van der Waals surface area contributed by atoms with Crippen molar-refractivity contribution in [1.29, 1.82) is 5.26 Å². The minimum Gasteiger partial charge on any atom is -0.492 e. The molecular weight excluding hydrogens is 374 g/mol. The van der Waals surface area contributed by atoms with E-state index in [-0.39, 0.29) is 17.5 Å². The van der Waals surface area contributed by atoms with E-state index in [9.17, 15) is 10.1 Å². The number of nitrogens with one attached hydrogen (secondary N) is 1. The maximum absolute atomic E-state index is 12.6. The molecule has 1 aromatic heterocycles. The van der Waals surface area contributed by atoms with Gasteiger partial charge in [0, 0.05) is 28.7 Å². The monoisotopic (exact) mass is 399 g/mol. The van der Waals surface area contributed by atoms with Gasteiger partial charge in [-0.2, -0.15) is 5.26 Å². The summed E-state index contributed by atoms with van der Waals surface area (Å²) in [6.45, 7) is 1.19. The second-order valence-electron chi connectivity index (χ2n) is 7.58. The molecule has 1 N–H and O–H groups in total. The van der Waals surface area contributed by atoms with Crippen LogP contribution in [-0.4, -0.2) is 23.1 Å². The molecule has 1 aliphatic carbocycles. The summed E-state index contributed by atoms with van der Waals surface area (Å²) in [4.78, 5) is 12.6. The van der Waals surface area contributed by atoms with Crippen LogP contribution in [0.25, 0.3) is 17.0 Å². The standard InChI is InChI=1S/C25H25N3O2/c26-17-19(25(29)27-21-8-4-5-9-21)16-20-18-28(24-13-7-6-12-23(20)24)14-15-30-22-10-2-1-3-11-22/h1-3,6-7,10-13,16,18,21H,4-5,8-9,14-15H2,(H,27,29)/b19-16-. The number of aromatic nitrogens is 1. The third-order valence-electron chi connectivity index (χ3n) is 5.52. The number of para-hydroxylation sites is 2. The van der Waals surface area contributed by atoms with Gasteiger partial charge in [-0.15, -0.1) is 0 Å². The average molecular weight is 399 g/mol. The van der Waals surface area contributed by atoms with Gasteiger partial charge in [0.15, 0.2) is 0 Å². The highest BCUT2D eigenvalue weighted by Gasteiger charge is 2.19. The summed E-state index contributed by atoms with van der Waals surface area (Å²) >= 11 is 0. The Balaban J connectivity index is 1.54. The largest absolute Gasteiger partial charge is 0.492 e. The summed E-state index contributed by atoms with van der Waals surface area (Å²) in [5.74, 6) is 0.554. The third-order valence-corrected chi connectivity index (χ3v) is 5.52. The number of amides is 1. The zero-order valence-electron chi connectivity index (χ0n) is 16.9. The average Bonchev–Trinajstić information content (AvgIpc) is 3.41. The minimum atomic E-state index is -0.284. The van der Waals surface area contributed by atoms with Crippen molar-refractivity contribution < 1.29 is 9.53 Å². The van der Waals surface area contributed by atoms with Crippen molar-refractivity contribution in [2.75, 3.05) is 6.61 Å². The fourth-order valence-electron chi connectivity index (χ4n) is 3.99. The van der Waals surface area contributed by atoms with Crippen LogP contribution in [0.2, 0.25) is 0 Å². The Kier molecular flexibility index (Phi) is 6.14. The molecule has 0 radical (unpaired) electrons. The zero-order chi connectivity index (χ0) is 20.8. The number of ether oxygens (including phenoxy) is 1. The van der Waals surface area contributed by atoms with Crippen LogP contribution < -0.4 is 10.1 Å². The van der Waals surface area contributed by atoms with E-state index < -0.39 is 0 Å². The number of rotatable bonds is 7. The molecule has 1 amide bonds. The molecule has 2 aromatic carbocycles. The number of hydrogen-bond acceptors (Lipinski definition) is 3. The molecule has 5 nitrogen and oxygen atoms in total. The van der Waals surface area contributed by atoms with Crippen LogP contribution in [0.15, 0.2) is 66.4 Å². The summed E-state index contributed by atoms with van der Waals surface area (Å²) in [5, 5.41) is 13.6. The molecule has 0 bridgehead atoms. The molecule has 1 heterocycles. The van der Waals surface area contributed by atoms with Gasteiger partial charge in [-0.05, 0) is 37.1 Å². The maximum atomic E-state index is 12.6. The lowest BCUT2D eigenvalue weighted by atomic mass is 10.1. The normalized spacial score (nSPS) is 14.6. The first-order valence-electron chi connectivity index (χ1n) is 10.4. The second kappa shape index (κ2) is 9.32. The first-order chi connectivity index (χ1) is 14.7. The first kappa shape index (κ1) is 19.8. The van der Waals surface area contributed by atoms with Gasteiger partial charge in [0.2, 0.25) is 0 Å². The highest BCUT2D eigenvalue weighted by molar-refractivity contribution is 6.04. The van der Waals surface area contributed by atoms with Gasteiger partial charge >= 0.3 is 0 Å². The molecule has 1 fully saturated rings. The Morgan fingerprint density at radius 2 is 1.87 bits per heavy atom. The highest BCUT2D eigenvalue weighted by atomic mass is 16.5. The third kappa shape index (κ3) is 4.55. The van der Waals surface area contributed by atoms with Crippen molar-refractivity contribution >= 4 is 22.9 Å². The van der Waals surface area contributed by atoms with Crippen LogP contribution in [0.1, 0.15) is 31.2 Å². The van der Waals surface area contributed by atoms with Gasteiger partial charge in [0.1, 0.15) is 24.0 Å². The van der Waals surface area contributed by atoms with Crippen molar-refractivity contribution in [3.8, 4) is 11.8 Å². The van der Waals surface area contributed by atoms with Gasteiger partial charge < -0.3 is 14.6 Å². The highest BCUT2D eigenvalue weighted by Crippen LogP contribution is 2.24. The van der Waals surface area contributed by atoms with E-state index >= 15 is 0 Å². The van der Waals surface area contributed by atoms with Crippen molar-refractivity contribution in [2.24, 2.45) is 0 Å². The molecule has 4 rings (SSSR count). The predicted molar refractivity (Wildman–Crippen MR) is 118 cm³/mol. The molecule has 0 unspecified atom stereocenters. The Labute approximate surface area is 176 Å². The molecule has 0 atom stereocenters. The van der Waals surface area contributed by atoms with Crippen molar-refractivity contribution in [2.45, 2.75) is 38.3 Å². The smallest absolute Gasteiger partial charge is 0.262 e. The molecule has 0 saturated heterocycles. The minimum absolute atomic E-state index is 0.144. The fraction of sp³-hybridized carbons (Fsp3) is 0.280. The van der Waals surface area contributed by atoms with E-state index in [1.54, 1.807) is 6.08 Å². The lowest BCUT2D eigenvalue weighted by Crippen LogP contribution is -2.33. The molecule has 1 aliphatic rings. The number of carbonyl (C=O) groups excluding carboxylic acids is 1. The van der Waals surface area contributed by atoms with E-state index in [0.717, 1.165) is 47.9 Å². The van der Waals surface area contributed by atoms with E-state index in [4.69, 9.17) is 4.74 Å². The predicted octanol–water partition coefficient (Wildman–Crippen LogP) is 4.69. The number of fused-ring (bicyclic) bond motifs is 1. The number of nitrogens with zero attached hydrogens (tertiary/aromatic N) is 2. The van der Waals surface area contributed by atoms with E-state index in [1.165, 1.54) is 0 Å².